The standard InChI is InChI=1S/C15H20N2O/c1-15(12-18)7-4-8-17(11-15)10-14-6-3-2-5-13(14)9-16/h2-3,5-6,18H,4,7-8,10-12H2,1H3. The maximum absolute atomic E-state index is 9.46. The second kappa shape index (κ2) is 5.51. The number of hydrogen-bond donors (Lipinski definition) is 1. The second-order valence-corrected chi connectivity index (χ2v) is 5.55. The summed E-state index contributed by atoms with van der Waals surface area (Å²) in [5.74, 6) is 0. The lowest BCUT2D eigenvalue weighted by Gasteiger charge is -2.39. The molecule has 0 radical (unpaired) electrons. The second-order valence-electron chi connectivity index (χ2n) is 5.55. The normalized spacial score (nSPS) is 24.7. The van der Waals surface area contributed by atoms with Gasteiger partial charge in [0.1, 0.15) is 0 Å². The molecular formula is C15H20N2O. The van der Waals surface area contributed by atoms with Gasteiger partial charge < -0.3 is 5.11 Å². The molecule has 18 heavy (non-hydrogen) atoms. The molecule has 3 heteroatoms. The van der Waals surface area contributed by atoms with E-state index in [0.717, 1.165) is 43.6 Å². The third-order valence-corrected chi connectivity index (χ3v) is 3.77. The molecule has 96 valence electrons. The number of nitrogens with zero attached hydrogens (tertiary/aromatic N) is 2. The monoisotopic (exact) mass is 244 g/mol. The third-order valence-electron chi connectivity index (χ3n) is 3.77. The van der Waals surface area contributed by atoms with Crippen LogP contribution < -0.4 is 0 Å². The van der Waals surface area contributed by atoms with E-state index in [1.807, 2.05) is 24.3 Å². The van der Waals surface area contributed by atoms with Crippen LogP contribution in [0.5, 0.6) is 0 Å². The zero-order chi connectivity index (χ0) is 13.0. The quantitative estimate of drug-likeness (QED) is 0.886. The fourth-order valence-electron chi connectivity index (χ4n) is 2.70. The molecule has 1 aromatic rings. The lowest BCUT2D eigenvalue weighted by molar-refractivity contribution is 0.0429. The fraction of sp³-hybridized carbons (Fsp3) is 0.533. The van der Waals surface area contributed by atoms with Crippen LogP contribution in [-0.2, 0) is 6.54 Å². The molecule has 0 amide bonds. The van der Waals surface area contributed by atoms with Crippen molar-refractivity contribution >= 4 is 0 Å². The summed E-state index contributed by atoms with van der Waals surface area (Å²) >= 11 is 0. The maximum Gasteiger partial charge on any atom is 0.0995 e. The summed E-state index contributed by atoms with van der Waals surface area (Å²) in [6.07, 6.45) is 2.20. The molecule has 1 aromatic carbocycles. The Morgan fingerprint density at radius 1 is 1.44 bits per heavy atom. The molecule has 0 aliphatic carbocycles. The summed E-state index contributed by atoms with van der Waals surface area (Å²) in [4.78, 5) is 2.34. The van der Waals surface area contributed by atoms with Gasteiger partial charge in [-0.15, -0.1) is 0 Å². The Bertz CT molecular complexity index is 452. The van der Waals surface area contributed by atoms with Crippen LogP contribution in [0.15, 0.2) is 24.3 Å². The van der Waals surface area contributed by atoms with E-state index in [4.69, 9.17) is 5.26 Å². The lowest BCUT2D eigenvalue weighted by Crippen LogP contribution is -2.43. The molecule has 0 saturated carbocycles. The van der Waals surface area contributed by atoms with Crippen LogP contribution in [0.3, 0.4) is 0 Å². The van der Waals surface area contributed by atoms with Crippen LogP contribution in [-0.4, -0.2) is 29.7 Å². The predicted octanol–water partition coefficient (Wildman–Crippen LogP) is 2.15. The molecule has 1 aliphatic rings. The van der Waals surface area contributed by atoms with E-state index in [0.29, 0.717) is 0 Å². The zero-order valence-electron chi connectivity index (χ0n) is 10.9. The van der Waals surface area contributed by atoms with Crippen LogP contribution in [0.4, 0.5) is 0 Å². The molecule has 0 aromatic heterocycles. The number of benzene rings is 1. The number of hydrogen-bond acceptors (Lipinski definition) is 3. The van der Waals surface area contributed by atoms with Gasteiger partial charge in [0.25, 0.3) is 0 Å². The van der Waals surface area contributed by atoms with Gasteiger partial charge in [-0.25, -0.2) is 0 Å². The van der Waals surface area contributed by atoms with E-state index in [1.54, 1.807) is 0 Å². The summed E-state index contributed by atoms with van der Waals surface area (Å²) in [5.41, 5.74) is 1.86. The Hall–Kier alpha value is -1.37. The van der Waals surface area contributed by atoms with Gasteiger partial charge in [0, 0.05) is 25.1 Å². The first-order chi connectivity index (χ1) is 8.67. The van der Waals surface area contributed by atoms with Crippen molar-refractivity contribution < 1.29 is 5.11 Å². The van der Waals surface area contributed by atoms with Crippen LogP contribution in [0, 0.1) is 16.7 Å². The van der Waals surface area contributed by atoms with Crippen molar-refractivity contribution in [3.63, 3.8) is 0 Å². The van der Waals surface area contributed by atoms with Crippen molar-refractivity contribution in [2.75, 3.05) is 19.7 Å². The van der Waals surface area contributed by atoms with Gasteiger partial charge in [0.15, 0.2) is 0 Å². The number of aliphatic hydroxyl groups is 1. The first-order valence-electron chi connectivity index (χ1n) is 6.48. The molecular weight excluding hydrogens is 224 g/mol. The number of nitriles is 1. The van der Waals surface area contributed by atoms with E-state index in [2.05, 4.69) is 17.9 Å². The average molecular weight is 244 g/mol. The molecule has 1 N–H and O–H groups in total. The Labute approximate surface area is 109 Å². The minimum atomic E-state index is 0.0137. The van der Waals surface area contributed by atoms with Gasteiger partial charge in [-0.05, 0) is 31.0 Å². The smallest absolute Gasteiger partial charge is 0.0995 e. The van der Waals surface area contributed by atoms with E-state index >= 15 is 0 Å². The van der Waals surface area contributed by atoms with Crippen molar-refractivity contribution in [1.29, 1.82) is 5.26 Å². The molecule has 1 aliphatic heterocycles. The maximum atomic E-state index is 9.46. The van der Waals surface area contributed by atoms with Gasteiger partial charge >= 0.3 is 0 Å². The fourth-order valence-corrected chi connectivity index (χ4v) is 2.70. The summed E-state index contributed by atoms with van der Waals surface area (Å²) in [5, 5.41) is 18.5. The molecule has 0 spiro atoms. The first kappa shape index (κ1) is 13.1. The first-order valence-corrected chi connectivity index (χ1v) is 6.48. The molecule has 1 heterocycles. The largest absolute Gasteiger partial charge is 0.396 e. The topological polar surface area (TPSA) is 47.3 Å². The minimum absolute atomic E-state index is 0.0137. The van der Waals surface area contributed by atoms with Crippen LogP contribution in [0.1, 0.15) is 30.9 Å². The highest BCUT2D eigenvalue weighted by Crippen LogP contribution is 2.29. The Morgan fingerprint density at radius 3 is 2.94 bits per heavy atom. The highest BCUT2D eigenvalue weighted by molar-refractivity contribution is 5.37. The minimum Gasteiger partial charge on any atom is -0.396 e. The van der Waals surface area contributed by atoms with Crippen molar-refractivity contribution in [3.8, 4) is 6.07 Å². The van der Waals surface area contributed by atoms with Crippen molar-refractivity contribution in [2.24, 2.45) is 5.41 Å². The predicted molar refractivity (Wildman–Crippen MR) is 70.9 cm³/mol. The molecule has 1 unspecified atom stereocenters. The summed E-state index contributed by atoms with van der Waals surface area (Å²) in [6.45, 7) is 5.14. The van der Waals surface area contributed by atoms with Crippen molar-refractivity contribution in [2.45, 2.75) is 26.3 Å². The zero-order valence-corrected chi connectivity index (χ0v) is 10.9. The molecule has 3 nitrogen and oxygen atoms in total. The number of likely N-dealkylation sites (tertiary alicyclic amines) is 1. The summed E-state index contributed by atoms with van der Waals surface area (Å²) in [7, 11) is 0. The van der Waals surface area contributed by atoms with Gasteiger partial charge in [0.05, 0.1) is 11.6 Å². The molecule has 1 fully saturated rings. The van der Waals surface area contributed by atoms with Gasteiger partial charge in [0.2, 0.25) is 0 Å². The highest BCUT2D eigenvalue weighted by Gasteiger charge is 2.30. The number of piperidine rings is 1. The van der Waals surface area contributed by atoms with E-state index in [9.17, 15) is 5.11 Å². The van der Waals surface area contributed by atoms with Gasteiger partial charge in [-0.1, -0.05) is 25.1 Å². The Morgan fingerprint density at radius 2 is 2.22 bits per heavy atom. The van der Waals surface area contributed by atoms with E-state index in [1.165, 1.54) is 0 Å². The van der Waals surface area contributed by atoms with Gasteiger partial charge in [-0.3, -0.25) is 4.90 Å². The van der Waals surface area contributed by atoms with Crippen LogP contribution in [0.2, 0.25) is 0 Å². The number of aliphatic hydroxyl groups excluding tert-OH is 1. The summed E-state index contributed by atoms with van der Waals surface area (Å²) < 4.78 is 0. The number of rotatable bonds is 3. The third kappa shape index (κ3) is 2.90. The average Bonchev–Trinajstić information content (AvgIpc) is 2.39. The molecule has 1 saturated heterocycles. The van der Waals surface area contributed by atoms with Crippen molar-refractivity contribution in [3.05, 3.63) is 35.4 Å². The van der Waals surface area contributed by atoms with E-state index < -0.39 is 0 Å². The molecule has 0 bridgehead atoms. The summed E-state index contributed by atoms with van der Waals surface area (Å²) in [6, 6.07) is 10.0. The van der Waals surface area contributed by atoms with Gasteiger partial charge in [-0.2, -0.15) is 5.26 Å². The van der Waals surface area contributed by atoms with E-state index in [-0.39, 0.29) is 12.0 Å². The Kier molecular flexibility index (Phi) is 4.00. The SMILES string of the molecule is CC1(CO)CCCN(Cc2ccccc2C#N)C1. The van der Waals surface area contributed by atoms with Crippen LogP contribution in [0.25, 0.3) is 0 Å². The van der Waals surface area contributed by atoms with Crippen LogP contribution >= 0.6 is 0 Å². The highest BCUT2D eigenvalue weighted by atomic mass is 16.3. The molecule has 1 atom stereocenters. The lowest BCUT2D eigenvalue weighted by atomic mass is 9.82. The Balaban J connectivity index is 2.08. The molecule has 2 rings (SSSR count). The van der Waals surface area contributed by atoms with Crippen molar-refractivity contribution in [1.82, 2.24) is 4.90 Å².